The molecule has 156 valence electrons. The molecule has 4 rings (SSSR count). The molecule has 0 bridgehead atoms. The number of halogens is 2. The highest BCUT2D eigenvalue weighted by Gasteiger charge is 2.36. The molecule has 0 saturated carbocycles. The van der Waals surface area contributed by atoms with Crippen molar-refractivity contribution in [3.63, 3.8) is 0 Å². The van der Waals surface area contributed by atoms with Gasteiger partial charge in [0.25, 0.3) is 16.8 Å². The van der Waals surface area contributed by atoms with Crippen LogP contribution in [0.15, 0.2) is 65.7 Å². The number of non-ortho nitro benzene ring substituents is 1. The van der Waals surface area contributed by atoms with E-state index in [4.69, 9.17) is 11.6 Å². The van der Waals surface area contributed by atoms with Gasteiger partial charge < -0.3 is 4.57 Å². The van der Waals surface area contributed by atoms with Crippen LogP contribution in [0.3, 0.4) is 0 Å². The van der Waals surface area contributed by atoms with Gasteiger partial charge in [-0.15, -0.1) is 0 Å². The van der Waals surface area contributed by atoms with Gasteiger partial charge in [0.05, 0.1) is 22.1 Å². The molecule has 1 aliphatic heterocycles. The number of nitro benzene ring substituents is 1. The fourth-order valence-corrected chi connectivity index (χ4v) is 4.16. The quantitative estimate of drug-likeness (QED) is 0.290. The molecule has 1 saturated heterocycles. The van der Waals surface area contributed by atoms with Crippen LogP contribution in [-0.4, -0.2) is 25.5 Å². The summed E-state index contributed by atoms with van der Waals surface area (Å²) < 4.78 is 15.7. The third-order valence-corrected chi connectivity index (χ3v) is 5.89. The molecule has 1 fully saturated rings. The summed E-state index contributed by atoms with van der Waals surface area (Å²) in [5.74, 6) is -1.17. The van der Waals surface area contributed by atoms with Crippen molar-refractivity contribution in [1.82, 2.24) is 9.47 Å². The van der Waals surface area contributed by atoms with Crippen LogP contribution in [0.5, 0.6) is 0 Å². The Morgan fingerprint density at radius 2 is 1.90 bits per heavy atom. The first-order valence-electron chi connectivity index (χ1n) is 8.95. The van der Waals surface area contributed by atoms with Crippen LogP contribution in [0, 0.1) is 15.9 Å². The third-order valence-electron chi connectivity index (χ3n) is 4.63. The number of nitro groups is 1. The number of benzene rings is 2. The second-order valence-corrected chi connectivity index (χ2v) is 7.95. The fraction of sp³-hybridized carbons (Fsp3) is 0.0476. The van der Waals surface area contributed by atoms with Crippen molar-refractivity contribution in [3.05, 3.63) is 97.9 Å². The van der Waals surface area contributed by atoms with Gasteiger partial charge in [-0.05, 0) is 48.2 Å². The van der Waals surface area contributed by atoms with Crippen LogP contribution < -0.4 is 0 Å². The number of hydrogen-bond donors (Lipinski definition) is 0. The second kappa shape index (κ2) is 8.37. The van der Waals surface area contributed by atoms with Gasteiger partial charge in [-0.25, -0.2) is 4.39 Å². The number of aromatic nitrogens is 1. The summed E-state index contributed by atoms with van der Waals surface area (Å²) in [6, 6.07) is 13.6. The molecule has 1 aliphatic rings. The summed E-state index contributed by atoms with van der Waals surface area (Å²) >= 11 is 6.75. The second-order valence-electron chi connectivity index (χ2n) is 6.55. The van der Waals surface area contributed by atoms with Gasteiger partial charge in [-0.2, -0.15) is 0 Å². The van der Waals surface area contributed by atoms with Crippen molar-refractivity contribution in [3.8, 4) is 5.69 Å². The Bertz CT molecular complexity index is 1240. The molecule has 10 heteroatoms. The van der Waals surface area contributed by atoms with Gasteiger partial charge in [-0.1, -0.05) is 23.7 Å². The van der Waals surface area contributed by atoms with Gasteiger partial charge in [0.1, 0.15) is 5.82 Å². The minimum Gasteiger partial charge on any atom is -0.317 e. The number of hydrogen-bond acceptors (Lipinski definition) is 5. The zero-order chi connectivity index (χ0) is 22.1. The molecule has 0 N–H and O–H groups in total. The summed E-state index contributed by atoms with van der Waals surface area (Å²) in [6.45, 7) is -0.278. The molecule has 1 aromatic heterocycles. The van der Waals surface area contributed by atoms with Crippen LogP contribution in [0.2, 0.25) is 5.02 Å². The average Bonchev–Trinajstić information content (AvgIpc) is 3.30. The highest BCUT2D eigenvalue weighted by Crippen LogP contribution is 2.35. The van der Waals surface area contributed by atoms with E-state index in [1.165, 1.54) is 36.4 Å². The lowest BCUT2D eigenvalue weighted by molar-refractivity contribution is -0.384. The molecule has 31 heavy (non-hydrogen) atoms. The summed E-state index contributed by atoms with van der Waals surface area (Å²) in [5, 5.41) is 10.6. The zero-order valence-electron chi connectivity index (χ0n) is 15.7. The molecule has 2 aromatic carbocycles. The van der Waals surface area contributed by atoms with Gasteiger partial charge in [0.2, 0.25) is 0 Å². The molecule has 0 aliphatic carbocycles. The fourth-order valence-electron chi connectivity index (χ4n) is 3.12. The number of carbonyl (C=O) groups is 2. The number of imide groups is 1. The Kier molecular flexibility index (Phi) is 5.62. The van der Waals surface area contributed by atoms with E-state index in [1.807, 2.05) is 0 Å². The maximum absolute atomic E-state index is 14.1. The van der Waals surface area contributed by atoms with Gasteiger partial charge in [0.15, 0.2) is 0 Å². The molecule has 2 heterocycles. The van der Waals surface area contributed by atoms with Crippen molar-refractivity contribution >= 4 is 46.3 Å². The van der Waals surface area contributed by atoms with Crippen molar-refractivity contribution in [2.24, 2.45) is 0 Å². The Hall–Kier alpha value is -3.43. The maximum Gasteiger partial charge on any atom is 0.293 e. The smallest absolute Gasteiger partial charge is 0.293 e. The predicted octanol–water partition coefficient (Wildman–Crippen LogP) is 5.41. The Balaban J connectivity index is 1.64. The summed E-state index contributed by atoms with van der Waals surface area (Å²) in [6.07, 6.45) is 3.21. The Labute approximate surface area is 184 Å². The summed E-state index contributed by atoms with van der Waals surface area (Å²) in [7, 11) is 0. The van der Waals surface area contributed by atoms with E-state index in [0.717, 1.165) is 16.7 Å². The molecular formula is C21H13ClFN3O4S. The number of nitrogens with zero attached hydrogens (tertiary/aromatic N) is 3. The van der Waals surface area contributed by atoms with Crippen molar-refractivity contribution < 1.29 is 18.9 Å². The van der Waals surface area contributed by atoms with Crippen LogP contribution in [0.25, 0.3) is 11.8 Å². The SMILES string of the molecule is O=C1S/C(=C\c2cccn2-c2cccc([N+](=O)[O-])c2)C(=O)N1Cc1c(F)cccc1Cl. The van der Waals surface area contributed by atoms with E-state index in [2.05, 4.69) is 0 Å². The Morgan fingerprint density at radius 3 is 2.65 bits per heavy atom. The molecule has 0 radical (unpaired) electrons. The number of amides is 2. The first-order valence-corrected chi connectivity index (χ1v) is 10.1. The van der Waals surface area contributed by atoms with Gasteiger partial charge >= 0.3 is 0 Å². The van der Waals surface area contributed by atoms with E-state index < -0.39 is 21.9 Å². The zero-order valence-corrected chi connectivity index (χ0v) is 17.3. The molecule has 2 amide bonds. The molecule has 7 nitrogen and oxygen atoms in total. The van der Waals surface area contributed by atoms with E-state index in [-0.39, 0.29) is 27.7 Å². The summed E-state index contributed by atoms with van der Waals surface area (Å²) in [5.41, 5.74) is 1.07. The molecule has 0 unspecified atom stereocenters. The van der Waals surface area contributed by atoms with Gasteiger partial charge in [0, 0.05) is 34.6 Å². The van der Waals surface area contributed by atoms with Crippen LogP contribution in [0.1, 0.15) is 11.3 Å². The first-order chi connectivity index (χ1) is 14.8. The van der Waals surface area contributed by atoms with Crippen molar-refractivity contribution in [2.75, 3.05) is 0 Å². The van der Waals surface area contributed by atoms with Crippen LogP contribution in [0.4, 0.5) is 14.9 Å². The van der Waals surface area contributed by atoms with Crippen molar-refractivity contribution in [1.29, 1.82) is 0 Å². The number of thioether (sulfide) groups is 1. The van der Waals surface area contributed by atoms with E-state index in [9.17, 15) is 24.1 Å². The van der Waals surface area contributed by atoms with Crippen LogP contribution >= 0.6 is 23.4 Å². The first kappa shape index (κ1) is 20.8. The largest absolute Gasteiger partial charge is 0.317 e. The average molecular weight is 458 g/mol. The minimum atomic E-state index is -0.602. The monoisotopic (exact) mass is 457 g/mol. The normalized spacial score (nSPS) is 15.2. The van der Waals surface area contributed by atoms with E-state index in [0.29, 0.717) is 11.4 Å². The lowest BCUT2D eigenvalue weighted by Gasteiger charge is -2.14. The number of rotatable bonds is 5. The summed E-state index contributed by atoms with van der Waals surface area (Å²) in [4.78, 5) is 36.9. The highest BCUT2D eigenvalue weighted by molar-refractivity contribution is 8.18. The van der Waals surface area contributed by atoms with Crippen LogP contribution in [-0.2, 0) is 11.3 Å². The third kappa shape index (κ3) is 4.10. The predicted molar refractivity (Wildman–Crippen MR) is 115 cm³/mol. The minimum absolute atomic E-state index is 0.0627. The maximum atomic E-state index is 14.1. The molecule has 3 aromatic rings. The topological polar surface area (TPSA) is 85.5 Å². The lowest BCUT2D eigenvalue weighted by atomic mass is 10.2. The molecule has 0 spiro atoms. The highest BCUT2D eigenvalue weighted by atomic mass is 35.5. The lowest BCUT2D eigenvalue weighted by Crippen LogP contribution is -2.28. The molecular weight excluding hydrogens is 445 g/mol. The van der Waals surface area contributed by atoms with E-state index in [1.54, 1.807) is 35.0 Å². The van der Waals surface area contributed by atoms with Gasteiger partial charge in [-0.3, -0.25) is 24.6 Å². The van der Waals surface area contributed by atoms with E-state index >= 15 is 0 Å². The Morgan fingerprint density at radius 1 is 1.13 bits per heavy atom. The standard InChI is InChI=1S/C21H13ClFN3O4S/c22-17-7-2-8-18(23)16(17)12-25-20(27)19(31-21(25)28)11-14-6-3-9-24(14)13-4-1-5-15(10-13)26(29)30/h1-11H,12H2/b19-11-. The molecule has 0 atom stereocenters. The number of carbonyl (C=O) groups excluding carboxylic acids is 2. The van der Waals surface area contributed by atoms with Crippen molar-refractivity contribution in [2.45, 2.75) is 6.54 Å².